The summed E-state index contributed by atoms with van der Waals surface area (Å²) < 4.78 is 42.6. The van der Waals surface area contributed by atoms with E-state index in [2.05, 4.69) is 20.9 Å². The van der Waals surface area contributed by atoms with Crippen molar-refractivity contribution in [2.45, 2.75) is 24.0 Å². The third kappa shape index (κ3) is 4.77. The quantitative estimate of drug-likeness (QED) is 0.559. The number of piperidine rings is 1. The van der Waals surface area contributed by atoms with E-state index in [-0.39, 0.29) is 11.7 Å². The maximum Gasteiger partial charge on any atom is 0.236 e. The smallest absolute Gasteiger partial charge is 0.236 e. The Morgan fingerprint density at radius 2 is 1.91 bits per heavy atom. The van der Waals surface area contributed by atoms with Crippen molar-refractivity contribution >= 4 is 26.8 Å². The maximum absolute atomic E-state index is 14.0. The van der Waals surface area contributed by atoms with Gasteiger partial charge in [-0.25, -0.2) is 17.8 Å². The van der Waals surface area contributed by atoms with E-state index in [0.717, 1.165) is 48.2 Å². The lowest BCUT2D eigenvalue weighted by Crippen LogP contribution is -2.58. The molecule has 2 aliphatic rings. The van der Waals surface area contributed by atoms with E-state index >= 15 is 0 Å². The summed E-state index contributed by atoms with van der Waals surface area (Å²) in [7, 11) is -1.51. The van der Waals surface area contributed by atoms with Crippen LogP contribution in [0.4, 0.5) is 4.39 Å². The van der Waals surface area contributed by atoms with Gasteiger partial charge in [0.2, 0.25) is 5.91 Å². The van der Waals surface area contributed by atoms with Gasteiger partial charge in [0, 0.05) is 48.1 Å². The second kappa shape index (κ2) is 9.23. The second-order valence-corrected chi connectivity index (χ2v) is 11.8. The Labute approximate surface area is 204 Å². The molecule has 2 aromatic heterocycles. The largest absolute Gasteiger partial charge is 0.496 e. The van der Waals surface area contributed by atoms with E-state index in [0.29, 0.717) is 36.9 Å². The summed E-state index contributed by atoms with van der Waals surface area (Å²) in [6, 6.07) is 8.46. The first kappa shape index (κ1) is 23.7. The molecule has 1 aromatic carbocycles. The molecule has 0 spiro atoms. The van der Waals surface area contributed by atoms with Crippen LogP contribution in [0, 0.1) is 5.82 Å². The zero-order valence-corrected chi connectivity index (χ0v) is 20.6. The molecule has 0 aliphatic carbocycles. The van der Waals surface area contributed by atoms with Crippen LogP contribution >= 0.6 is 0 Å². The zero-order chi connectivity index (χ0) is 24.7. The second-order valence-electron chi connectivity index (χ2n) is 9.49. The molecule has 1 amide bonds. The summed E-state index contributed by atoms with van der Waals surface area (Å²) in [6.07, 6.45) is 4.72. The van der Waals surface area contributed by atoms with Gasteiger partial charge in [-0.15, -0.1) is 0 Å². The number of halogens is 1. The van der Waals surface area contributed by atoms with Gasteiger partial charge < -0.3 is 14.6 Å². The molecule has 4 heterocycles. The molecule has 2 aliphatic heterocycles. The first-order valence-electron chi connectivity index (χ1n) is 11.7. The number of hydrogen-bond donors (Lipinski definition) is 1. The number of sulfone groups is 1. The number of hydrogen-bond acceptors (Lipinski definition) is 6. The molecule has 8 nitrogen and oxygen atoms in total. The van der Waals surface area contributed by atoms with Crippen LogP contribution in [0.1, 0.15) is 24.5 Å². The zero-order valence-electron chi connectivity index (χ0n) is 19.8. The van der Waals surface area contributed by atoms with Crippen molar-refractivity contribution in [3.8, 4) is 16.9 Å². The molecule has 35 heavy (non-hydrogen) atoms. The average molecular weight is 501 g/mol. The van der Waals surface area contributed by atoms with Gasteiger partial charge in [0.15, 0.2) is 9.84 Å². The van der Waals surface area contributed by atoms with Crippen LogP contribution in [0.25, 0.3) is 22.2 Å². The number of methoxy groups -OCH3 is 1. The van der Waals surface area contributed by atoms with E-state index in [1.807, 2.05) is 6.07 Å². The van der Waals surface area contributed by atoms with Gasteiger partial charge in [0.25, 0.3) is 0 Å². The van der Waals surface area contributed by atoms with Crippen molar-refractivity contribution < 1.29 is 22.3 Å². The molecule has 10 heteroatoms. The fraction of sp³-hybridized carbons (Fsp3) is 0.440. The molecular weight excluding hydrogens is 471 g/mol. The molecule has 186 valence electrons. The summed E-state index contributed by atoms with van der Waals surface area (Å²) in [6.45, 7) is 2.49. The summed E-state index contributed by atoms with van der Waals surface area (Å²) in [5, 5.41) is 0.493. The number of pyridine rings is 1. The van der Waals surface area contributed by atoms with Gasteiger partial charge in [-0.1, -0.05) is 0 Å². The van der Waals surface area contributed by atoms with Gasteiger partial charge in [0.1, 0.15) is 17.2 Å². The average Bonchev–Trinajstić information content (AvgIpc) is 3.22. The normalized spacial score (nSPS) is 18.1. The lowest BCUT2D eigenvalue weighted by Gasteiger charge is -2.40. The number of carbonyl (C=O) groups is 1. The molecule has 3 aromatic rings. The minimum absolute atomic E-state index is 0.00755. The Hall–Kier alpha value is -2.98. The third-order valence-corrected chi connectivity index (χ3v) is 8.71. The summed E-state index contributed by atoms with van der Waals surface area (Å²) >= 11 is 0. The van der Waals surface area contributed by atoms with Crippen molar-refractivity contribution in [3.05, 3.63) is 48.0 Å². The fourth-order valence-corrected chi connectivity index (χ4v) is 5.90. The highest BCUT2D eigenvalue weighted by Gasteiger charge is 2.37. The molecule has 0 bridgehead atoms. The van der Waals surface area contributed by atoms with Crippen molar-refractivity contribution in [2.24, 2.45) is 0 Å². The molecule has 0 unspecified atom stereocenters. The maximum atomic E-state index is 14.0. The predicted octanol–water partition coefficient (Wildman–Crippen LogP) is 2.81. The van der Waals surface area contributed by atoms with Gasteiger partial charge in [-0.3, -0.25) is 9.69 Å². The molecule has 1 N–H and O–H groups in total. The molecule has 2 fully saturated rings. The fourth-order valence-electron chi connectivity index (χ4n) is 5.00. The number of carbonyl (C=O) groups excluding carboxylic acids is 1. The molecule has 0 saturated carbocycles. The van der Waals surface area contributed by atoms with Gasteiger partial charge in [0.05, 0.1) is 18.9 Å². The van der Waals surface area contributed by atoms with Gasteiger partial charge >= 0.3 is 0 Å². The Morgan fingerprint density at radius 1 is 1.17 bits per heavy atom. The van der Waals surface area contributed by atoms with E-state index in [9.17, 15) is 17.6 Å². The number of aromatic nitrogens is 2. The highest BCUT2D eigenvalue weighted by atomic mass is 32.2. The number of nitrogens with zero attached hydrogens (tertiary/aromatic N) is 3. The van der Waals surface area contributed by atoms with Crippen molar-refractivity contribution in [1.29, 1.82) is 0 Å². The van der Waals surface area contributed by atoms with Crippen LogP contribution in [-0.2, 0) is 14.6 Å². The molecule has 0 radical (unpaired) electrons. The Morgan fingerprint density at radius 3 is 2.60 bits per heavy atom. The third-order valence-electron chi connectivity index (χ3n) is 7.20. The van der Waals surface area contributed by atoms with Crippen LogP contribution in [0.3, 0.4) is 0 Å². The summed E-state index contributed by atoms with van der Waals surface area (Å²) in [5.74, 6) is 0.571. The highest BCUT2D eigenvalue weighted by molar-refractivity contribution is 7.91. The number of rotatable bonds is 6. The number of aromatic amines is 1. The van der Waals surface area contributed by atoms with Gasteiger partial charge in [-0.05, 0) is 61.8 Å². The Balaban J connectivity index is 1.25. The molecular formula is C25H29FN4O4S. The Kier molecular flexibility index (Phi) is 6.27. The Bertz CT molecular complexity index is 1360. The van der Waals surface area contributed by atoms with Crippen molar-refractivity contribution in [2.75, 3.05) is 46.1 Å². The first-order valence-corrected chi connectivity index (χ1v) is 13.7. The lowest BCUT2D eigenvalue weighted by atomic mass is 9.93. The molecule has 0 atom stereocenters. The standard InChI is InChI=1S/C25H29FN4O4S/c1-34-23-4-3-17(26)11-20(23)19-5-8-27-25-21(19)12-22(28-25)16-6-9-29(10-7-16)15-24(31)30-13-18(14-30)35(2,32)33/h3-5,8,11-12,16,18H,6-7,9-10,13-15H2,1-2H3,(H,27,28). The minimum Gasteiger partial charge on any atom is -0.496 e. The lowest BCUT2D eigenvalue weighted by molar-refractivity contribution is -0.135. The number of nitrogens with one attached hydrogen (secondary N) is 1. The highest BCUT2D eigenvalue weighted by Crippen LogP contribution is 2.37. The number of likely N-dealkylation sites (tertiary alicyclic amines) is 2. The monoisotopic (exact) mass is 500 g/mol. The van der Waals surface area contributed by atoms with Crippen molar-refractivity contribution in [1.82, 2.24) is 19.8 Å². The van der Waals surface area contributed by atoms with Crippen molar-refractivity contribution in [3.63, 3.8) is 0 Å². The number of ether oxygens (including phenoxy) is 1. The van der Waals surface area contributed by atoms with Crippen LogP contribution in [0.15, 0.2) is 36.5 Å². The summed E-state index contributed by atoms with van der Waals surface area (Å²) in [4.78, 5) is 24.2. The van der Waals surface area contributed by atoms with E-state index in [4.69, 9.17) is 4.74 Å². The summed E-state index contributed by atoms with van der Waals surface area (Å²) in [5.41, 5.74) is 3.38. The van der Waals surface area contributed by atoms with Crippen LogP contribution in [-0.4, -0.2) is 85.4 Å². The van der Waals surface area contributed by atoms with E-state index < -0.39 is 15.1 Å². The molecule has 2 saturated heterocycles. The number of fused-ring (bicyclic) bond motifs is 1. The van der Waals surface area contributed by atoms with Crippen LogP contribution in [0.5, 0.6) is 5.75 Å². The van der Waals surface area contributed by atoms with Crippen LogP contribution < -0.4 is 4.74 Å². The van der Waals surface area contributed by atoms with E-state index in [1.165, 1.54) is 18.4 Å². The SMILES string of the molecule is COc1ccc(F)cc1-c1ccnc2[nH]c(C3CCN(CC(=O)N4CC(S(C)(=O)=O)C4)CC3)cc12. The molecule has 5 rings (SSSR count). The minimum atomic E-state index is -3.08. The first-order chi connectivity index (χ1) is 16.7. The predicted molar refractivity (Wildman–Crippen MR) is 132 cm³/mol. The topological polar surface area (TPSA) is 95.6 Å². The number of benzene rings is 1. The van der Waals surface area contributed by atoms with E-state index in [1.54, 1.807) is 24.3 Å². The van der Waals surface area contributed by atoms with Crippen LogP contribution in [0.2, 0.25) is 0 Å². The number of amides is 1. The van der Waals surface area contributed by atoms with Gasteiger partial charge in [-0.2, -0.15) is 0 Å². The number of H-pyrrole nitrogens is 1.